The molecule has 2 fully saturated rings. The molecule has 2 saturated carbocycles. The minimum Gasteiger partial charge on any atom is -0.381 e. The van der Waals surface area contributed by atoms with Crippen LogP contribution in [0.3, 0.4) is 0 Å². The number of halogens is 1. The Bertz CT molecular complexity index is 399. The van der Waals surface area contributed by atoms with Crippen molar-refractivity contribution in [3.05, 3.63) is 11.5 Å². The predicted octanol–water partition coefficient (Wildman–Crippen LogP) is 2.04. The maximum Gasteiger partial charge on any atom is 0.188 e. The van der Waals surface area contributed by atoms with Crippen molar-refractivity contribution in [3.63, 3.8) is 0 Å². The van der Waals surface area contributed by atoms with Crippen LogP contribution in [0.2, 0.25) is 0 Å². The molecule has 3 unspecified atom stereocenters. The van der Waals surface area contributed by atoms with Crippen molar-refractivity contribution in [2.45, 2.75) is 31.6 Å². The van der Waals surface area contributed by atoms with Gasteiger partial charge >= 0.3 is 0 Å². The third kappa shape index (κ3) is 1.34. The lowest BCUT2D eigenvalue weighted by atomic mass is 9.87. The van der Waals surface area contributed by atoms with Crippen LogP contribution in [-0.4, -0.2) is 9.78 Å². The summed E-state index contributed by atoms with van der Waals surface area (Å²) in [6.07, 6.45) is 4.78. The van der Waals surface area contributed by atoms with Gasteiger partial charge in [0.15, 0.2) is 11.6 Å². The van der Waals surface area contributed by atoms with Crippen molar-refractivity contribution < 1.29 is 4.39 Å². The van der Waals surface area contributed by atoms with Crippen LogP contribution in [0.15, 0.2) is 0 Å². The van der Waals surface area contributed by atoms with Gasteiger partial charge in [0.1, 0.15) is 5.69 Å². The molecule has 1 aromatic heterocycles. The first kappa shape index (κ1) is 9.19. The summed E-state index contributed by atoms with van der Waals surface area (Å²) in [5, 5.41) is 4.20. The van der Waals surface area contributed by atoms with E-state index in [2.05, 4.69) is 5.10 Å². The summed E-state index contributed by atoms with van der Waals surface area (Å²) in [5.41, 5.74) is 6.18. The Morgan fingerprint density at radius 1 is 1.33 bits per heavy atom. The van der Waals surface area contributed by atoms with Gasteiger partial charge in [-0.15, -0.1) is 0 Å². The van der Waals surface area contributed by atoms with Gasteiger partial charge in [-0.2, -0.15) is 5.10 Å². The summed E-state index contributed by atoms with van der Waals surface area (Å²) in [5.74, 6) is 1.96. The van der Waals surface area contributed by atoms with E-state index in [1.807, 2.05) is 0 Å². The zero-order valence-corrected chi connectivity index (χ0v) is 8.91. The number of rotatable bonds is 1. The Morgan fingerprint density at radius 3 is 2.73 bits per heavy atom. The number of fused-ring (bicyclic) bond motifs is 1. The molecule has 0 bridgehead atoms. The second kappa shape index (κ2) is 2.97. The first-order chi connectivity index (χ1) is 7.16. The zero-order chi connectivity index (χ0) is 10.6. The molecule has 82 valence electrons. The van der Waals surface area contributed by atoms with E-state index in [9.17, 15) is 4.39 Å². The van der Waals surface area contributed by atoms with Crippen LogP contribution in [0.4, 0.5) is 10.2 Å². The van der Waals surface area contributed by atoms with Crippen molar-refractivity contribution in [3.8, 4) is 0 Å². The minimum atomic E-state index is -0.290. The van der Waals surface area contributed by atoms with E-state index in [-0.39, 0.29) is 11.6 Å². The second-order valence-electron chi connectivity index (χ2n) is 4.97. The molecule has 2 N–H and O–H groups in total. The number of nitrogens with two attached hydrogens (primary N) is 1. The van der Waals surface area contributed by atoms with Crippen LogP contribution in [0.1, 0.15) is 37.3 Å². The molecule has 3 nitrogen and oxygen atoms in total. The van der Waals surface area contributed by atoms with Gasteiger partial charge in [0.2, 0.25) is 0 Å². The van der Waals surface area contributed by atoms with Crippen molar-refractivity contribution in [2.75, 3.05) is 5.73 Å². The highest BCUT2D eigenvalue weighted by atomic mass is 19.1. The summed E-state index contributed by atoms with van der Waals surface area (Å²) < 4.78 is 15.2. The van der Waals surface area contributed by atoms with Crippen LogP contribution in [0.25, 0.3) is 0 Å². The van der Waals surface area contributed by atoms with Gasteiger partial charge in [0, 0.05) is 13.0 Å². The highest BCUT2D eigenvalue weighted by molar-refractivity contribution is 5.35. The number of aromatic nitrogens is 2. The molecule has 0 aliphatic heterocycles. The smallest absolute Gasteiger partial charge is 0.188 e. The predicted molar refractivity (Wildman–Crippen MR) is 55.8 cm³/mol. The lowest BCUT2D eigenvalue weighted by molar-refractivity contribution is 0.404. The van der Waals surface area contributed by atoms with Gasteiger partial charge in [-0.25, -0.2) is 4.39 Å². The molecular weight excluding hydrogens is 193 g/mol. The average Bonchev–Trinajstić information content (AvgIpc) is 2.96. The lowest BCUT2D eigenvalue weighted by Gasteiger charge is -2.18. The molecule has 3 rings (SSSR count). The Balaban J connectivity index is 1.88. The summed E-state index contributed by atoms with van der Waals surface area (Å²) >= 11 is 0. The number of nitrogens with zero attached hydrogens (tertiary/aromatic N) is 2. The molecule has 0 radical (unpaired) electrons. The largest absolute Gasteiger partial charge is 0.381 e. The van der Waals surface area contributed by atoms with E-state index >= 15 is 0 Å². The number of aryl methyl sites for hydroxylation is 1. The third-order valence-electron chi connectivity index (χ3n) is 3.99. The van der Waals surface area contributed by atoms with Crippen molar-refractivity contribution in [1.82, 2.24) is 9.78 Å². The van der Waals surface area contributed by atoms with E-state index in [0.717, 1.165) is 24.7 Å². The zero-order valence-electron chi connectivity index (χ0n) is 8.91. The van der Waals surface area contributed by atoms with Crippen molar-refractivity contribution in [1.29, 1.82) is 0 Å². The monoisotopic (exact) mass is 209 g/mol. The van der Waals surface area contributed by atoms with Crippen LogP contribution in [0, 0.1) is 17.7 Å². The van der Waals surface area contributed by atoms with Crippen LogP contribution in [-0.2, 0) is 7.05 Å². The summed E-state index contributed by atoms with van der Waals surface area (Å²) in [6, 6.07) is 0. The topological polar surface area (TPSA) is 43.8 Å². The summed E-state index contributed by atoms with van der Waals surface area (Å²) in [7, 11) is 1.70. The lowest BCUT2D eigenvalue weighted by Crippen LogP contribution is -2.09. The molecule has 1 aromatic rings. The van der Waals surface area contributed by atoms with E-state index < -0.39 is 0 Å². The quantitative estimate of drug-likeness (QED) is 0.769. The SMILES string of the molecule is Cn1nc(C2CCC3CC3C2)c(F)c1N. The van der Waals surface area contributed by atoms with Gasteiger partial charge in [-0.3, -0.25) is 4.68 Å². The van der Waals surface area contributed by atoms with Crippen molar-refractivity contribution >= 4 is 5.82 Å². The molecule has 0 saturated heterocycles. The van der Waals surface area contributed by atoms with Gasteiger partial charge in [0.05, 0.1) is 0 Å². The average molecular weight is 209 g/mol. The first-order valence-corrected chi connectivity index (χ1v) is 5.64. The van der Waals surface area contributed by atoms with Crippen molar-refractivity contribution in [2.24, 2.45) is 18.9 Å². The van der Waals surface area contributed by atoms with Crippen LogP contribution < -0.4 is 5.73 Å². The normalized spacial score (nSPS) is 33.9. The van der Waals surface area contributed by atoms with E-state index in [4.69, 9.17) is 5.73 Å². The number of hydrogen-bond donors (Lipinski definition) is 1. The Morgan fingerprint density at radius 2 is 2.13 bits per heavy atom. The fourth-order valence-corrected chi connectivity index (χ4v) is 2.89. The van der Waals surface area contributed by atoms with Crippen LogP contribution >= 0.6 is 0 Å². The molecule has 0 spiro atoms. The molecule has 2 aliphatic carbocycles. The highest BCUT2D eigenvalue weighted by Crippen LogP contribution is 2.54. The molecule has 3 atom stereocenters. The number of hydrogen-bond acceptors (Lipinski definition) is 2. The minimum absolute atomic E-state index is 0.169. The van der Waals surface area contributed by atoms with Crippen LogP contribution in [0.5, 0.6) is 0 Å². The summed E-state index contributed by atoms with van der Waals surface area (Å²) in [6.45, 7) is 0. The number of anilines is 1. The standard InChI is InChI=1S/C11H16FN3/c1-15-11(13)9(12)10(14-15)7-3-2-6-4-8(6)5-7/h6-8H,2-5,13H2,1H3. The summed E-state index contributed by atoms with van der Waals surface area (Å²) in [4.78, 5) is 0. The second-order valence-corrected chi connectivity index (χ2v) is 4.97. The van der Waals surface area contributed by atoms with E-state index in [0.29, 0.717) is 11.6 Å². The fourth-order valence-electron chi connectivity index (χ4n) is 2.89. The molecule has 2 aliphatic rings. The Labute approximate surface area is 88.5 Å². The third-order valence-corrected chi connectivity index (χ3v) is 3.99. The maximum atomic E-state index is 13.7. The molecule has 0 aromatic carbocycles. The fraction of sp³-hybridized carbons (Fsp3) is 0.727. The highest BCUT2D eigenvalue weighted by Gasteiger charge is 2.43. The Hall–Kier alpha value is -1.06. The van der Waals surface area contributed by atoms with Gasteiger partial charge in [-0.05, 0) is 37.5 Å². The number of nitrogen functional groups attached to an aromatic ring is 1. The van der Waals surface area contributed by atoms with Gasteiger partial charge < -0.3 is 5.73 Å². The van der Waals surface area contributed by atoms with E-state index in [1.165, 1.54) is 17.5 Å². The molecule has 1 heterocycles. The van der Waals surface area contributed by atoms with Gasteiger partial charge in [0.25, 0.3) is 0 Å². The van der Waals surface area contributed by atoms with Gasteiger partial charge in [-0.1, -0.05) is 0 Å². The molecular formula is C11H16FN3. The van der Waals surface area contributed by atoms with E-state index in [1.54, 1.807) is 7.05 Å². The first-order valence-electron chi connectivity index (χ1n) is 5.64. The molecule has 15 heavy (non-hydrogen) atoms. The molecule has 4 heteroatoms. The molecule has 0 amide bonds. The maximum absolute atomic E-state index is 13.7. The Kier molecular flexibility index (Phi) is 1.82.